The number of hydrogen-bond donors (Lipinski definition) is 1. The molecule has 2 unspecified atom stereocenters. The Bertz CT molecular complexity index is 997. The molecule has 1 aromatic carbocycles. The second-order valence-electron chi connectivity index (χ2n) is 10.3. The average molecular weight is 518 g/mol. The third-order valence-electron chi connectivity index (χ3n) is 7.65. The summed E-state index contributed by atoms with van der Waals surface area (Å²) < 4.78 is 25.7. The molecule has 0 aromatic heterocycles. The number of ketones is 1. The van der Waals surface area contributed by atoms with Crippen molar-refractivity contribution in [3.8, 4) is 0 Å². The van der Waals surface area contributed by atoms with Gasteiger partial charge in [-0.05, 0) is 37.8 Å². The van der Waals surface area contributed by atoms with Gasteiger partial charge < -0.3 is 14.4 Å². The van der Waals surface area contributed by atoms with Gasteiger partial charge in [-0.3, -0.25) is 19.4 Å². The van der Waals surface area contributed by atoms with Gasteiger partial charge in [0.2, 0.25) is 5.91 Å². The molecule has 1 saturated carbocycles. The van der Waals surface area contributed by atoms with Gasteiger partial charge in [-0.1, -0.05) is 24.3 Å². The Labute approximate surface area is 218 Å². The van der Waals surface area contributed by atoms with Crippen LogP contribution in [0.2, 0.25) is 0 Å². The molecule has 2 atom stereocenters. The van der Waals surface area contributed by atoms with Crippen molar-refractivity contribution in [3.63, 3.8) is 0 Å². The smallest absolute Gasteiger partial charge is 0.236 e. The minimum Gasteiger partial charge on any atom is -0.340 e. The van der Waals surface area contributed by atoms with Crippen molar-refractivity contribution < 1.29 is 23.5 Å². The molecule has 0 bridgehead atoms. The number of halogens is 1. The highest BCUT2D eigenvalue weighted by atomic mass is 32.1. The monoisotopic (exact) mass is 517 g/mol. The van der Waals surface area contributed by atoms with Crippen LogP contribution in [-0.4, -0.2) is 90.0 Å². The molecule has 0 radical (unpaired) electrons. The normalized spacial score (nSPS) is 29.9. The number of thiol groups is 1. The van der Waals surface area contributed by atoms with Crippen molar-refractivity contribution in [3.05, 3.63) is 47.3 Å². The zero-order valence-corrected chi connectivity index (χ0v) is 21.7. The summed E-state index contributed by atoms with van der Waals surface area (Å²) in [5, 5.41) is 0.0976. The van der Waals surface area contributed by atoms with Crippen LogP contribution in [0, 0.1) is 11.7 Å². The lowest BCUT2D eigenvalue weighted by atomic mass is 9.93. The summed E-state index contributed by atoms with van der Waals surface area (Å²) in [4.78, 5) is 32.0. The third kappa shape index (κ3) is 6.02. The van der Waals surface area contributed by atoms with Gasteiger partial charge in [0.15, 0.2) is 18.4 Å². The van der Waals surface area contributed by atoms with Gasteiger partial charge in [-0.25, -0.2) is 4.39 Å². The Morgan fingerprint density at radius 1 is 1.17 bits per heavy atom. The van der Waals surface area contributed by atoms with E-state index in [4.69, 9.17) is 22.1 Å². The molecule has 4 aliphatic rings. The summed E-state index contributed by atoms with van der Waals surface area (Å²) in [6.45, 7) is 6.32. The number of ether oxygens (including phenoxy) is 2. The fourth-order valence-corrected chi connectivity index (χ4v) is 5.66. The summed E-state index contributed by atoms with van der Waals surface area (Å²) in [6.07, 6.45) is 5.11. The number of benzene rings is 1. The number of rotatable bonds is 9. The molecule has 1 amide bonds. The Kier molecular flexibility index (Phi) is 8.12. The lowest BCUT2D eigenvalue weighted by molar-refractivity contribution is -0.377. The Morgan fingerprint density at radius 3 is 2.64 bits per heavy atom. The van der Waals surface area contributed by atoms with Crippen molar-refractivity contribution in [1.82, 2.24) is 14.7 Å². The first kappa shape index (κ1) is 25.9. The van der Waals surface area contributed by atoms with E-state index in [1.54, 1.807) is 18.2 Å². The molecule has 9 heteroatoms. The van der Waals surface area contributed by atoms with E-state index < -0.39 is 6.04 Å². The molecule has 3 saturated heterocycles. The molecule has 36 heavy (non-hydrogen) atoms. The number of amides is 1. The number of nitrogens with zero attached hydrogens (tertiary/aromatic N) is 3. The Morgan fingerprint density at radius 2 is 1.94 bits per heavy atom. The number of likely N-dealkylation sites (tertiary alicyclic amines) is 1. The van der Waals surface area contributed by atoms with E-state index in [2.05, 4.69) is 15.9 Å². The van der Waals surface area contributed by atoms with Crippen LogP contribution >= 0.6 is 12.6 Å². The minimum atomic E-state index is -0.556. The molecule has 0 spiro atoms. The first-order valence-electron chi connectivity index (χ1n) is 13.1. The topological polar surface area (TPSA) is 62.3 Å². The number of hydrogen-bond acceptors (Lipinski definition) is 7. The molecule has 5 rings (SSSR count). The van der Waals surface area contributed by atoms with Crippen molar-refractivity contribution in [2.45, 2.75) is 56.5 Å². The van der Waals surface area contributed by atoms with Crippen LogP contribution in [0.15, 0.2) is 35.9 Å². The zero-order chi connectivity index (χ0) is 25.2. The highest BCUT2D eigenvalue weighted by Crippen LogP contribution is 2.39. The van der Waals surface area contributed by atoms with Gasteiger partial charge >= 0.3 is 0 Å². The first-order valence-corrected chi connectivity index (χ1v) is 13.6. The summed E-state index contributed by atoms with van der Waals surface area (Å²) in [5.74, 6) is -0.0273. The summed E-state index contributed by atoms with van der Waals surface area (Å²) in [6, 6.07) is 6.09. The Hall–Kier alpha value is -1.78. The van der Waals surface area contributed by atoms with Crippen molar-refractivity contribution in [2.75, 3.05) is 45.8 Å². The maximum Gasteiger partial charge on any atom is 0.236 e. The van der Waals surface area contributed by atoms with Crippen LogP contribution in [-0.2, 0) is 19.1 Å². The average Bonchev–Trinajstić information content (AvgIpc) is 3.69. The van der Waals surface area contributed by atoms with Crippen LogP contribution in [0.25, 0.3) is 0 Å². The molecule has 0 N–H and O–H groups in total. The van der Waals surface area contributed by atoms with Gasteiger partial charge in [-0.15, -0.1) is 0 Å². The lowest BCUT2D eigenvalue weighted by Crippen LogP contribution is -2.51. The van der Waals surface area contributed by atoms with Crippen molar-refractivity contribution in [1.29, 1.82) is 0 Å². The second-order valence-corrected chi connectivity index (χ2v) is 11.0. The highest BCUT2D eigenvalue weighted by molar-refractivity contribution is 7.81. The standard InChI is InChI=1S/C27H36FN3O4S/c1-18-34-25(35-18)10-13-30-15-14-29(17-24(30)32)11-8-20-16-31(12-9-23(20)36)26(27(33)19-6-7-19)21-4-2-3-5-22(21)28/h2-5,8,18-19,23,25-26,36H,6-7,9-17H2,1H3/b20-8-. The van der Waals surface area contributed by atoms with Crippen molar-refractivity contribution in [2.24, 2.45) is 5.92 Å². The summed E-state index contributed by atoms with van der Waals surface area (Å²) in [7, 11) is 0. The molecule has 3 aliphatic heterocycles. The van der Waals surface area contributed by atoms with Crippen LogP contribution in [0.1, 0.15) is 44.2 Å². The molecule has 4 fully saturated rings. The van der Waals surface area contributed by atoms with E-state index in [0.29, 0.717) is 51.3 Å². The van der Waals surface area contributed by atoms with E-state index in [1.807, 2.05) is 11.8 Å². The van der Waals surface area contributed by atoms with Gasteiger partial charge in [0, 0.05) is 62.4 Å². The fourth-order valence-electron chi connectivity index (χ4n) is 5.36. The number of carbonyl (C=O) groups is 2. The number of piperidine rings is 1. The van der Waals surface area contributed by atoms with Gasteiger partial charge in [-0.2, -0.15) is 12.6 Å². The number of carbonyl (C=O) groups excluding carboxylic acids is 2. The zero-order valence-electron chi connectivity index (χ0n) is 20.9. The first-order chi connectivity index (χ1) is 17.4. The minimum absolute atomic E-state index is 0.0453. The number of piperazine rings is 1. The van der Waals surface area contributed by atoms with Crippen molar-refractivity contribution >= 4 is 24.3 Å². The molecular formula is C27H36FN3O4S. The quantitative estimate of drug-likeness (QED) is 0.402. The van der Waals surface area contributed by atoms with E-state index in [0.717, 1.165) is 31.4 Å². The van der Waals surface area contributed by atoms with Crippen LogP contribution in [0.5, 0.6) is 0 Å². The predicted octanol–water partition coefficient (Wildman–Crippen LogP) is 3.03. The molecule has 1 aromatic rings. The SMILES string of the molecule is CC1OC(CCN2CCN(C/C=C3/CN(C(C(=O)C4CC4)c4ccccc4F)CCC3S)CC2=O)O1. The molecule has 1 aliphatic carbocycles. The van der Waals surface area contributed by atoms with E-state index in [-0.39, 0.29) is 41.3 Å². The molecule has 196 valence electrons. The molecular weight excluding hydrogens is 481 g/mol. The molecule has 7 nitrogen and oxygen atoms in total. The largest absolute Gasteiger partial charge is 0.340 e. The summed E-state index contributed by atoms with van der Waals surface area (Å²) >= 11 is 4.80. The van der Waals surface area contributed by atoms with Crippen LogP contribution < -0.4 is 0 Å². The Balaban J connectivity index is 1.19. The highest BCUT2D eigenvalue weighted by Gasteiger charge is 2.41. The number of Topliss-reactive ketones (excluding diaryl/α,β-unsaturated/α-hetero) is 1. The summed E-state index contributed by atoms with van der Waals surface area (Å²) in [5.41, 5.74) is 1.61. The second kappa shape index (κ2) is 11.3. The fraction of sp³-hybridized carbons (Fsp3) is 0.630. The van der Waals surface area contributed by atoms with Gasteiger partial charge in [0.25, 0.3) is 0 Å². The maximum absolute atomic E-state index is 14.7. The maximum atomic E-state index is 14.7. The lowest BCUT2D eigenvalue weighted by Gasteiger charge is -2.39. The van der Waals surface area contributed by atoms with E-state index >= 15 is 0 Å². The van der Waals surface area contributed by atoms with Crippen LogP contribution in [0.4, 0.5) is 4.39 Å². The van der Waals surface area contributed by atoms with Gasteiger partial charge in [0.05, 0.1) is 12.6 Å². The van der Waals surface area contributed by atoms with Gasteiger partial charge in [0.1, 0.15) is 5.82 Å². The molecule has 3 heterocycles. The third-order valence-corrected chi connectivity index (χ3v) is 8.24. The predicted molar refractivity (Wildman–Crippen MR) is 137 cm³/mol. The van der Waals surface area contributed by atoms with E-state index in [9.17, 15) is 14.0 Å². The van der Waals surface area contributed by atoms with Crippen LogP contribution in [0.3, 0.4) is 0 Å². The van der Waals surface area contributed by atoms with E-state index in [1.165, 1.54) is 6.07 Å².